The number of nitrogens with zero attached hydrogens (tertiary/aromatic N) is 2. The fourth-order valence-corrected chi connectivity index (χ4v) is 5.67. The monoisotopic (exact) mass is 454 g/mol. The highest BCUT2D eigenvalue weighted by Crippen LogP contribution is 2.28. The Morgan fingerprint density at radius 1 is 0.871 bits per heavy atom. The lowest BCUT2D eigenvalue weighted by atomic mass is 10.0. The highest BCUT2D eigenvalue weighted by molar-refractivity contribution is 7.16. The van der Waals surface area contributed by atoms with Crippen LogP contribution in [-0.2, 0) is 17.6 Å². The van der Waals surface area contributed by atoms with E-state index in [4.69, 9.17) is 4.98 Å². The molecule has 3 aromatic rings. The number of carbonyl (C=O) groups excluding carboxylic acids is 1. The number of amides is 1. The normalized spacial score (nSPS) is 15.4. The van der Waals surface area contributed by atoms with Gasteiger partial charge in [-0.1, -0.05) is 68.9 Å². The first-order chi connectivity index (χ1) is 15.3. The Labute approximate surface area is 192 Å². The first-order valence-corrected chi connectivity index (χ1v) is 13.0. The maximum absolute atomic E-state index is 12.5. The number of aromatic nitrogens is 2. The Balaban J connectivity index is 1.31. The number of anilines is 2. The minimum absolute atomic E-state index is 0.0822. The molecule has 1 aliphatic rings. The van der Waals surface area contributed by atoms with Gasteiger partial charge in [0.05, 0.1) is 17.9 Å². The molecule has 0 unspecified atom stereocenters. The summed E-state index contributed by atoms with van der Waals surface area (Å²) in [6, 6.07) is 10.1. The number of hydrogen-bond donors (Lipinski definition) is 2. The second-order valence-corrected chi connectivity index (χ2v) is 9.96. The molecule has 1 aliphatic carbocycles. The summed E-state index contributed by atoms with van der Waals surface area (Å²) in [5.74, 6) is -0.0822. The number of fused-ring (bicyclic) bond motifs is 1. The number of hydrogen-bond acceptors (Lipinski definition) is 6. The average molecular weight is 455 g/mol. The van der Waals surface area contributed by atoms with Crippen molar-refractivity contribution in [3.05, 3.63) is 46.3 Å². The van der Waals surface area contributed by atoms with Crippen LogP contribution in [0.2, 0.25) is 0 Å². The summed E-state index contributed by atoms with van der Waals surface area (Å²) in [4.78, 5) is 23.2. The highest BCUT2D eigenvalue weighted by Gasteiger charge is 2.14. The SMILES string of the molecule is O=C(CNc1nc(-c2ccccc2)cs1)Nc1nc2c(s1)CCCCCCCCCC2. The molecule has 1 amide bonds. The molecule has 0 atom stereocenters. The van der Waals surface area contributed by atoms with Gasteiger partial charge in [0, 0.05) is 15.8 Å². The van der Waals surface area contributed by atoms with Crippen LogP contribution >= 0.6 is 22.7 Å². The first-order valence-electron chi connectivity index (χ1n) is 11.3. The van der Waals surface area contributed by atoms with Gasteiger partial charge in [-0.05, 0) is 25.7 Å². The van der Waals surface area contributed by atoms with Crippen molar-refractivity contribution in [3.8, 4) is 11.3 Å². The third-order valence-corrected chi connectivity index (χ3v) is 7.44. The van der Waals surface area contributed by atoms with Crippen LogP contribution in [0, 0.1) is 0 Å². The van der Waals surface area contributed by atoms with Crippen LogP contribution in [0.5, 0.6) is 0 Å². The van der Waals surface area contributed by atoms with Crippen LogP contribution in [0.4, 0.5) is 10.3 Å². The maximum Gasteiger partial charge on any atom is 0.245 e. The second-order valence-electron chi connectivity index (χ2n) is 8.02. The molecule has 5 nitrogen and oxygen atoms in total. The molecular weight excluding hydrogens is 424 g/mol. The van der Waals surface area contributed by atoms with Gasteiger partial charge in [0.25, 0.3) is 0 Å². The van der Waals surface area contributed by atoms with Crippen molar-refractivity contribution in [1.82, 2.24) is 9.97 Å². The molecule has 4 rings (SSSR count). The molecule has 2 aromatic heterocycles. The fourth-order valence-electron chi connectivity index (χ4n) is 3.88. The lowest BCUT2D eigenvalue weighted by Crippen LogP contribution is -2.21. The largest absolute Gasteiger partial charge is 0.352 e. The Morgan fingerprint density at radius 2 is 1.58 bits per heavy atom. The van der Waals surface area contributed by atoms with Gasteiger partial charge in [-0.15, -0.1) is 22.7 Å². The minimum Gasteiger partial charge on any atom is -0.352 e. The molecule has 0 spiro atoms. The van der Waals surface area contributed by atoms with E-state index in [1.54, 1.807) is 11.3 Å². The molecule has 2 N–H and O–H groups in total. The standard InChI is InChI=1S/C24H30N4OS2/c29-22(16-25-23-27-20(17-30-23)18-12-8-7-9-13-18)28-24-26-19-14-10-5-3-1-2-4-6-11-15-21(19)31-24/h7-9,12-13,17H,1-6,10-11,14-16H2,(H,25,27)(H,26,28,29). The Bertz CT molecular complexity index is 938. The zero-order valence-corrected chi connectivity index (χ0v) is 19.5. The highest BCUT2D eigenvalue weighted by atomic mass is 32.1. The zero-order valence-electron chi connectivity index (χ0n) is 17.9. The van der Waals surface area contributed by atoms with Crippen LogP contribution in [-0.4, -0.2) is 22.4 Å². The molecule has 0 fully saturated rings. The first kappa shape index (κ1) is 22.0. The fraction of sp³-hybridized carbons (Fsp3) is 0.458. The van der Waals surface area contributed by atoms with E-state index in [1.807, 2.05) is 35.7 Å². The van der Waals surface area contributed by atoms with Gasteiger partial charge >= 0.3 is 0 Å². The molecule has 0 saturated heterocycles. The van der Waals surface area contributed by atoms with E-state index in [0.717, 1.165) is 34.4 Å². The predicted octanol–water partition coefficient (Wildman–Crippen LogP) is 6.54. The lowest BCUT2D eigenvalue weighted by Gasteiger charge is -2.06. The smallest absolute Gasteiger partial charge is 0.245 e. The third-order valence-electron chi connectivity index (χ3n) is 5.57. The summed E-state index contributed by atoms with van der Waals surface area (Å²) in [5.41, 5.74) is 3.20. The molecule has 0 bridgehead atoms. The predicted molar refractivity (Wildman–Crippen MR) is 131 cm³/mol. The van der Waals surface area contributed by atoms with E-state index in [2.05, 4.69) is 15.6 Å². The molecule has 0 aliphatic heterocycles. The van der Waals surface area contributed by atoms with Crippen LogP contribution in [0.1, 0.15) is 61.9 Å². The van der Waals surface area contributed by atoms with Crippen LogP contribution in [0.3, 0.4) is 0 Å². The maximum atomic E-state index is 12.5. The number of rotatable bonds is 5. The number of thiazole rings is 2. The summed E-state index contributed by atoms with van der Waals surface area (Å²) in [6.07, 6.45) is 12.5. The van der Waals surface area contributed by atoms with Gasteiger partial charge in [0.2, 0.25) is 5.91 Å². The lowest BCUT2D eigenvalue weighted by molar-refractivity contribution is -0.114. The van der Waals surface area contributed by atoms with Gasteiger partial charge in [0.1, 0.15) is 0 Å². The number of aryl methyl sites for hydroxylation is 2. The van der Waals surface area contributed by atoms with E-state index >= 15 is 0 Å². The Hall–Kier alpha value is -2.25. The number of carbonyl (C=O) groups is 1. The Kier molecular flexibility index (Phi) is 8.07. The van der Waals surface area contributed by atoms with Crippen molar-refractivity contribution in [1.29, 1.82) is 0 Å². The van der Waals surface area contributed by atoms with Gasteiger partial charge < -0.3 is 10.6 Å². The number of nitrogens with one attached hydrogen (secondary N) is 2. The van der Waals surface area contributed by atoms with E-state index < -0.39 is 0 Å². The molecule has 1 aromatic carbocycles. The van der Waals surface area contributed by atoms with Crippen molar-refractivity contribution in [2.24, 2.45) is 0 Å². The second kappa shape index (κ2) is 11.4. The van der Waals surface area contributed by atoms with E-state index in [9.17, 15) is 4.79 Å². The molecular formula is C24H30N4OS2. The molecule has 0 radical (unpaired) electrons. The van der Waals surface area contributed by atoms with Crippen LogP contribution < -0.4 is 10.6 Å². The number of benzene rings is 1. The molecule has 7 heteroatoms. The quantitative estimate of drug-likeness (QED) is 0.459. The summed E-state index contributed by atoms with van der Waals surface area (Å²) in [5, 5.41) is 9.61. The Morgan fingerprint density at radius 3 is 2.35 bits per heavy atom. The van der Waals surface area contributed by atoms with Crippen molar-refractivity contribution in [2.45, 2.75) is 64.2 Å². The van der Waals surface area contributed by atoms with Gasteiger partial charge in [-0.25, -0.2) is 9.97 Å². The van der Waals surface area contributed by atoms with Crippen molar-refractivity contribution in [3.63, 3.8) is 0 Å². The average Bonchev–Trinajstić information content (AvgIpc) is 3.40. The third kappa shape index (κ3) is 6.61. The summed E-state index contributed by atoms with van der Waals surface area (Å²) >= 11 is 3.17. The van der Waals surface area contributed by atoms with Gasteiger partial charge in [-0.3, -0.25) is 4.79 Å². The summed E-state index contributed by atoms with van der Waals surface area (Å²) in [6.45, 7) is 0.186. The molecule has 31 heavy (non-hydrogen) atoms. The van der Waals surface area contributed by atoms with Crippen LogP contribution in [0.15, 0.2) is 35.7 Å². The van der Waals surface area contributed by atoms with E-state index in [1.165, 1.54) is 73.3 Å². The topological polar surface area (TPSA) is 66.9 Å². The van der Waals surface area contributed by atoms with Crippen molar-refractivity contribution >= 4 is 38.8 Å². The molecule has 2 heterocycles. The van der Waals surface area contributed by atoms with Crippen LogP contribution in [0.25, 0.3) is 11.3 Å². The molecule has 164 valence electrons. The van der Waals surface area contributed by atoms with Crippen molar-refractivity contribution < 1.29 is 4.79 Å². The van der Waals surface area contributed by atoms with Crippen molar-refractivity contribution in [2.75, 3.05) is 17.2 Å². The zero-order chi connectivity index (χ0) is 21.3. The summed E-state index contributed by atoms with van der Waals surface area (Å²) in [7, 11) is 0. The molecule has 0 saturated carbocycles. The minimum atomic E-state index is -0.0822. The van der Waals surface area contributed by atoms with E-state index in [-0.39, 0.29) is 12.5 Å². The van der Waals surface area contributed by atoms with Gasteiger partial charge in [0.15, 0.2) is 10.3 Å². The van der Waals surface area contributed by atoms with E-state index in [0.29, 0.717) is 0 Å². The summed E-state index contributed by atoms with van der Waals surface area (Å²) < 4.78 is 0. The van der Waals surface area contributed by atoms with Gasteiger partial charge in [-0.2, -0.15) is 0 Å².